The Morgan fingerprint density at radius 3 is 2.76 bits per heavy atom. The number of pyridine rings is 1. The molecule has 0 bridgehead atoms. The van der Waals surface area contributed by atoms with Crippen molar-refractivity contribution in [3.05, 3.63) is 63.1 Å². The molecule has 1 aromatic carbocycles. The second-order valence-electron chi connectivity index (χ2n) is 8.32. The maximum absolute atomic E-state index is 13.3. The molecule has 0 saturated carbocycles. The van der Waals surface area contributed by atoms with Crippen LogP contribution >= 0.6 is 0 Å². The van der Waals surface area contributed by atoms with Crippen molar-refractivity contribution in [1.29, 1.82) is 0 Å². The molecule has 7 heteroatoms. The monoisotopic (exact) mass is 414 g/mol. The van der Waals surface area contributed by atoms with Crippen LogP contribution in [0, 0.1) is 12.8 Å². The molecule has 1 aromatic heterocycles. The zero-order valence-electron chi connectivity index (χ0n) is 16.8. The summed E-state index contributed by atoms with van der Waals surface area (Å²) in [6.45, 7) is 2.63. The lowest BCUT2D eigenvalue weighted by molar-refractivity contribution is 0.0785. The first-order valence-electron chi connectivity index (χ1n) is 10.0. The van der Waals surface area contributed by atoms with E-state index in [0.29, 0.717) is 25.1 Å². The van der Waals surface area contributed by atoms with Crippen molar-refractivity contribution >= 4 is 15.7 Å². The number of sulfone groups is 1. The minimum Gasteiger partial charge on any atom is -0.338 e. The molecule has 4 rings (SSSR count). The van der Waals surface area contributed by atoms with Crippen LogP contribution in [0.5, 0.6) is 0 Å². The minimum absolute atomic E-state index is 0.0717. The molecule has 1 saturated heterocycles. The number of carbonyl (C=O) groups excluding carboxylic acids is 1. The lowest BCUT2D eigenvalue weighted by Gasteiger charge is -2.19. The van der Waals surface area contributed by atoms with E-state index in [4.69, 9.17) is 0 Å². The topological polar surface area (TPSA) is 76.5 Å². The third-order valence-electron chi connectivity index (χ3n) is 6.01. The number of aromatic nitrogens is 1. The molecule has 1 fully saturated rings. The van der Waals surface area contributed by atoms with Crippen LogP contribution < -0.4 is 5.56 Å². The second-order valence-corrected chi connectivity index (χ2v) is 10.5. The predicted molar refractivity (Wildman–Crippen MR) is 113 cm³/mol. The molecule has 1 atom stereocenters. The summed E-state index contributed by atoms with van der Waals surface area (Å²) < 4.78 is 24.8. The van der Waals surface area contributed by atoms with E-state index in [9.17, 15) is 18.0 Å². The van der Waals surface area contributed by atoms with E-state index in [0.717, 1.165) is 24.9 Å². The number of rotatable bonds is 4. The Morgan fingerprint density at radius 1 is 1.21 bits per heavy atom. The maximum Gasteiger partial charge on any atom is 0.268 e. The van der Waals surface area contributed by atoms with Crippen LogP contribution in [0.15, 0.2) is 35.3 Å². The first-order chi connectivity index (χ1) is 13.7. The molecule has 1 aliphatic heterocycles. The summed E-state index contributed by atoms with van der Waals surface area (Å²) in [6, 6.07) is 7.81. The number of carbonyl (C=O) groups is 1. The number of benzene rings is 1. The van der Waals surface area contributed by atoms with Crippen LogP contribution in [-0.4, -0.2) is 48.9 Å². The van der Waals surface area contributed by atoms with E-state index in [1.54, 1.807) is 22.6 Å². The summed E-state index contributed by atoms with van der Waals surface area (Å²) in [5.74, 6) is -0.298. The molecule has 0 N–H and O–H groups in total. The summed E-state index contributed by atoms with van der Waals surface area (Å²) in [7, 11) is -3.09. The number of amides is 1. The van der Waals surface area contributed by atoms with Crippen molar-refractivity contribution in [2.45, 2.75) is 32.6 Å². The molecule has 1 unspecified atom stereocenters. The number of likely N-dealkylation sites (tertiary alicyclic amines) is 1. The van der Waals surface area contributed by atoms with Crippen molar-refractivity contribution in [3.8, 4) is 5.69 Å². The Morgan fingerprint density at radius 2 is 2.00 bits per heavy atom. The van der Waals surface area contributed by atoms with Gasteiger partial charge in [0.2, 0.25) is 0 Å². The number of hydrogen-bond donors (Lipinski definition) is 0. The summed E-state index contributed by atoms with van der Waals surface area (Å²) in [6.07, 6.45) is 6.65. The first-order valence-corrected chi connectivity index (χ1v) is 12.1. The third kappa shape index (κ3) is 3.88. The molecule has 1 aliphatic carbocycles. The van der Waals surface area contributed by atoms with Gasteiger partial charge in [-0.2, -0.15) is 0 Å². The Balaban J connectivity index is 1.67. The maximum atomic E-state index is 13.3. The Hall–Kier alpha value is -2.41. The molecule has 1 amide bonds. The van der Waals surface area contributed by atoms with E-state index in [2.05, 4.69) is 6.07 Å². The molecule has 6 nitrogen and oxygen atoms in total. The van der Waals surface area contributed by atoms with Crippen molar-refractivity contribution in [1.82, 2.24) is 9.47 Å². The molecule has 0 spiro atoms. The third-order valence-corrected chi connectivity index (χ3v) is 7.08. The molecule has 0 radical (unpaired) electrons. The first kappa shape index (κ1) is 19.9. The second kappa shape index (κ2) is 7.44. The van der Waals surface area contributed by atoms with Gasteiger partial charge < -0.3 is 4.90 Å². The van der Waals surface area contributed by atoms with Gasteiger partial charge in [0.05, 0.1) is 11.4 Å². The standard InChI is InChI=1S/C22H26N2O4S/c1-15-9-12-24(19-8-4-6-17-5-3-7-18(17)19)22(26)20(15)21(25)23-11-10-16(13-23)14-29(2,27)28/h4,6,8-9,12,16H,3,5,7,10-11,13-14H2,1-2H3. The van der Waals surface area contributed by atoms with Crippen LogP contribution in [0.2, 0.25) is 0 Å². The SMILES string of the molecule is Cc1ccn(-c2cccc3c2CCC3)c(=O)c1C(=O)N1CCC(CS(C)(=O)=O)C1. The number of fused-ring (bicyclic) bond motifs is 1. The van der Waals surface area contributed by atoms with Gasteiger partial charge >= 0.3 is 0 Å². The number of nitrogens with zero attached hydrogens (tertiary/aromatic N) is 2. The molecule has 29 heavy (non-hydrogen) atoms. The lowest BCUT2D eigenvalue weighted by Crippen LogP contribution is -2.36. The summed E-state index contributed by atoms with van der Waals surface area (Å²) in [5, 5.41) is 0. The average molecular weight is 415 g/mol. The molecule has 2 heterocycles. The van der Waals surface area contributed by atoms with Gasteiger partial charge in [-0.1, -0.05) is 12.1 Å². The van der Waals surface area contributed by atoms with Crippen LogP contribution in [0.4, 0.5) is 0 Å². The van der Waals surface area contributed by atoms with Gasteiger partial charge in [0.25, 0.3) is 11.5 Å². The van der Waals surface area contributed by atoms with Gasteiger partial charge in [-0.05, 0) is 67.3 Å². The molecule has 2 aliphatic rings. The Labute approximate surface area is 171 Å². The van der Waals surface area contributed by atoms with Crippen molar-refractivity contribution in [2.24, 2.45) is 5.92 Å². The summed E-state index contributed by atoms with van der Waals surface area (Å²) in [4.78, 5) is 28.1. The zero-order valence-corrected chi connectivity index (χ0v) is 17.7. The van der Waals surface area contributed by atoms with Gasteiger partial charge in [-0.25, -0.2) is 8.42 Å². The molecular weight excluding hydrogens is 388 g/mol. The van der Waals surface area contributed by atoms with E-state index in [1.165, 1.54) is 17.4 Å². The molecule has 154 valence electrons. The average Bonchev–Trinajstić information content (AvgIpc) is 3.29. The highest BCUT2D eigenvalue weighted by Gasteiger charge is 2.31. The minimum atomic E-state index is -3.09. The van der Waals surface area contributed by atoms with Gasteiger partial charge in [0, 0.05) is 25.5 Å². The lowest BCUT2D eigenvalue weighted by atomic mass is 10.1. The quantitative estimate of drug-likeness (QED) is 0.768. The largest absolute Gasteiger partial charge is 0.338 e. The predicted octanol–water partition coefficient (Wildman–Crippen LogP) is 2.14. The fraction of sp³-hybridized carbons (Fsp3) is 0.455. The normalized spacial score (nSPS) is 18.8. The van der Waals surface area contributed by atoms with E-state index < -0.39 is 9.84 Å². The highest BCUT2D eigenvalue weighted by molar-refractivity contribution is 7.90. The van der Waals surface area contributed by atoms with Crippen molar-refractivity contribution in [2.75, 3.05) is 25.1 Å². The summed E-state index contributed by atoms with van der Waals surface area (Å²) >= 11 is 0. The molecule has 2 aromatic rings. The summed E-state index contributed by atoms with van der Waals surface area (Å²) in [5.41, 5.74) is 3.84. The number of aryl methyl sites for hydroxylation is 2. The van der Waals surface area contributed by atoms with Crippen LogP contribution in [-0.2, 0) is 22.7 Å². The van der Waals surface area contributed by atoms with Gasteiger partial charge in [0.1, 0.15) is 15.4 Å². The van der Waals surface area contributed by atoms with Gasteiger partial charge in [0.15, 0.2) is 0 Å². The highest BCUT2D eigenvalue weighted by atomic mass is 32.2. The van der Waals surface area contributed by atoms with Crippen LogP contribution in [0.25, 0.3) is 5.69 Å². The Bertz CT molecular complexity index is 1130. The van der Waals surface area contributed by atoms with Gasteiger partial charge in [-0.15, -0.1) is 0 Å². The van der Waals surface area contributed by atoms with Crippen LogP contribution in [0.3, 0.4) is 0 Å². The van der Waals surface area contributed by atoms with Crippen molar-refractivity contribution in [3.63, 3.8) is 0 Å². The smallest absolute Gasteiger partial charge is 0.268 e. The highest BCUT2D eigenvalue weighted by Crippen LogP contribution is 2.27. The molecular formula is C22H26N2O4S. The van der Waals surface area contributed by atoms with E-state index in [1.807, 2.05) is 18.2 Å². The van der Waals surface area contributed by atoms with Crippen LogP contribution in [0.1, 0.15) is 39.9 Å². The fourth-order valence-corrected chi connectivity index (χ4v) is 5.77. The number of hydrogen-bond acceptors (Lipinski definition) is 4. The Kier molecular flexibility index (Phi) is 5.11. The van der Waals surface area contributed by atoms with Crippen molar-refractivity contribution < 1.29 is 13.2 Å². The van der Waals surface area contributed by atoms with E-state index >= 15 is 0 Å². The zero-order chi connectivity index (χ0) is 20.8. The van der Waals surface area contributed by atoms with Gasteiger partial charge in [-0.3, -0.25) is 14.2 Å². The fourth-order valence-electron chi connectivity index (χ4n) is 4.64. The van der Waals surface area contributed by atoms with E-state index in [-0.39, 0.29) is 28.7 Å².